The highest BCUT2D eigenvalue weighted by Crippen LogP contribution is 1.97. The summed E-state index contributed by atoms with van der Waals surface area (Å²) in [7, 11) is 0. The van der Waals surface area contributed by atoms with Crippen LogP contribution >= 0.6 is 0 Å². The predicted octanol–water partition coefficient (Wildman–Crippen LogP) is 0.701. The zero-order valence-corrected chi connectivity index (χ0v) is 7.33. The van der Waals surface area contributed by atoms with Crippen LogP contribution in [0.1, 0.15) is 17.7 Å². The van der Waals surface area contributed by atoms with E-state index >= 15 is 0 Å². The molecule has 0 unspecified atom stereocenters. The fourth-order valence-corrected chi connectivity index (χ4v) is 1.04. The first-order valence-corrected chi connectivity index (χ1v) is 4.00. The second-order valence-corrected chi connectivity index (χ2v) is 2.89. The lowest BCUT2D eigenvalue weighted by Crippen LogP contribution is -2.14. The largest absolute Gasteiger partial charge is 0.481 e. The molecule has 4 heteroatoms. The number of carboxylic acid groups (broad SMARTS) is 1. The molecule has 1 aromatic rings. The summed E-state index contributed by atoms with van der Waals surface area (Å²) in [5.74, 6) is -0.889. The highest BCUT2D eigenvalue weighted by molar-refractivity contribution is 5.67. The summed E-state index contributed by atoms with van der Waals surface area (Å²) in [5, 5.41) is 8.41. The summed E-state index contributed by atoms with van der Waals surface area (Å²) in [4.78, 5) is 24.1. The van der Waals surface area contributed by atoms with Gasteiger partial charge >= 0.3 is 5.97 Å². The highest BCUT2D eigenvalue weighted by Gasteiger charge is 2.02. The van der Waals surface area contributed by atoms with Crippen LogP contribution in [0.25, 0.3) is 0 Å². The van der Waals surface area contributed by atoms with E-state index in [4.69, 9.17) is 5.11 Å². The average molecular weight is 181 g/mol. The van der Waals surface area contributed by atoms with E-state index in [0.717, 1.165) is 5.69 Å². The van der Waals surface area contributed by atoms with E-state index in [0.29, 0.717) is 5.56 Å². The minimum Gasteiger partial charge on any atom is -0.481 e. The van der Waals surface area contributed by atoms with Crippen molar-refractivity contribution in [2.75, 3.05) is 0 Å². The quantitative estimate of drug-likeness (QED) is 0.721. The first kappa shape index (κ1) is 9.51. The molecule has 1 aromatic heterocycles. The van der Waals surface area contributed by atoms with Crippen LogP contribution in [0.3, 0.4) is 0 Å². The number of aromatic nitrogens is 1. The number of pyridine rings is 1. The van der Waals surface area contributed by atoms with E-state index in [1.54, 1.807) is 19.1 Å². The summed E-state index contributed by atoms with van der Waals surface area (Å²) < 4.78 is 0. The Kier molecular flexibility index (Phi) is 2.84. The van der Waals surface area contributed by atoms with Crippen molar-refractivity contribution in [1.82, 2.24) is 4.98 Å². The molecule has 0 fully saturated rings. The topological polar surface area (TPSA) is 70.2 Å². The lowest BCUT2D eigenvalue weighted by atomic mass is 10.1. The molecule has 0 aliphatic carbocycles. The smallest absolute Gasteiger partial charge is 0.303 e. The number of rotatable bonds is 3. The van der Waals surface area contributed by atoms with Crippen LogP contribution in [-0.2, 0) is 11.2 Å². The van der Waals surface area contributed by atoms with Gasteiger partial charge in [0, 0.05) is 17.7 Å². The molecule has 0 amide bonds. The van der Waals surface area contributed by atoms with Crippen molar-refractivity contribution in [3.05, 3.63) is 33.7 Å². The first-order valence-electron chi connectivity index (χ1n) is 4.00. The van der Waals surface area contributed by atoms with Gasteiger partial charge < -0.3 is 10.1 Å². The van der Waals surface area contributed by atoms with Gasteiger partial charge in [-0.25, -0.2) is 0 Å². The Bertz CT molecular complexity index is 367. The third-order valence-electron chi connectivity index (χ3n) is 1.75. The maximum Gasteiger partial charge on any atom is 0.303 e. The Labute approximate surface area is 75.2 Å². The van der Waals surface area contributed by atoms with Crippen LogP contribution in [0.15, 0.2) is 16.9 Å². The molecule has 0 saturated heterocycles. The van der Waals surface area contributed by atoms with Crippen molar-refractivity contribution >= 4 is 5.97 Å². The summed E-state index contributed by atoms with van der Waals surface area (Å²) >= 11 is 0. The molecular formula is C9H11NO3. The summed E-state index contributed by atoms with van der Waals surface area (Å²) in [6, 6.07) is 3.43. The Balaban J connectivity index is 2.78. The van der Waals surface area contributed by atoms with Crippen molar-refractivity contribution < 1.29 is 9.90 Å². The van der Waals surface area contributed by atoms with Gasteiger partial charge in [-0.15, -0.1) is 0 Å². The lowest BCUT2D eigenvalue weighted by Gasteiger charge is -1.97. The van der Waals surface area contributed by atoms with E-state index in [9.17, 15) is 9.59 Å². The van der Waals surface area contributed by atoms with E-state index in [2.05, 4.69) is 4.98 Å². The van der Waals surface area contributed by atoms with Crippen LogP contribution in [0.4, 0.5) is 0 Å². The Morgan fingerprint density at radius 3 is 2.77 bits per heavy atom. The van der Waals surface area contributed by atoms with E-state index < -0.39 is 5.97 Å². The number of carboxylic acids is 1. The molecule has 0 bridgehead atoms. The van der Waals surface area contributed by atoms with Gasteiger partial charge in [0.1, 0.15) is 0 Å². The number of hydrogen-bond acceptors (Lipinski definition) is 2. The first-order chi connectivity index (χ1) is 6.09. The Morgan fingerprint density at radius 1 is 1.54 bits per heavy atom. The molecule has 2 N–H and O–H groups in total. The molecule has 1 heterocycles. The molecule has 70 valence electrons. The average Bonchev–Trinajstić information content (AvgIpc) is 2.02. The molecule has 0 saturated carbocycles. The molecule has 1 rings (SSSR count). The number of aliphatic carboxylic acids is 1. The minimum absolute atomic E-state index is 0.00780. The van der Waals surface area contributed by atoms with Gasteiger partial charge in [-0.1, -0.05) is 6.07 Å². The molecule has 13 heavy (non-hydrogen) atoms. The Morgan fingerprint density at radius 2 is 2.23 bits per heavy atom. The number of aromatic amines is 1. The van der Waals surface area contributed by atoms with Crippen LogP contribution in [0, 0.1) is 6.92 Å². The normalized spacial score (nSPS) is 9.92. The fourth-order valence-electron chi connectivity index (χ4n) is 1.04. The van der Waals surface area contributed by atoms with Crippen LogP contribution in [0.2, 0.25) is 0 Å². The van der Waals surface area contributed by atoms with Crippen molar-refractivity contribution in [3.8, 4) is 0 Å². The zero-order valence-electron chi connectivity index (χ0n) is 7.33. The molecule has 0 atom stereocenters. The van der Waals surface area contributed by atoms with E-state index in [1.807, 2.05) is 0 Å². The standard InChI is InChI=1S/C9H11NO3/c1-6-2-3-7(9(13)10-6)4-5-8(11)12/h2-3H,4-5H2,1H3,(H,10,13)(H,11,12). The molecule has 0 radical (unpaired) electrons. The van der Waals surface area contributed by atoms with Gasteiger partial charge in [0.05, 0.1) is 0 Å². The molecule has 0 spiro atoms. The third-order valence-corrected chi connectivity index (χ3v) is 1.75. The highest BCUT2D eigenvalue weighted by atomic mass is 16.4. The zero-order chi connectivity index (χ0) is 9.84. The van der Waals surface area contributed by atoms with Gasteiger partial charge in [0.2, 0.25) is 0 Å². The monoisotopic (exact) mass is 181 g/mol. The molecule has 0 aliphatic heterocycles. The second-order valence-electron chi connectivity index (χ2n) is 2.89. The maximum atomic E-state index is 11.2. The van der Waals surface area contributed by atoms with Crippen molar-refractivity contribution in [1.29, 1.82) is 0 Å². The van der Waals surface area contributed by atoms with Crippen molar-refractivity contribution in [2.24, 2.45) is 0 Å². The van der Waals surface area contributed by atoms with Crippen LogP contribution in [-0.4, -0.2) is 16.1 Å². The van der Waals surface area contributed by atoms with Gasteiger partial charge in [0.15, 0.2) is 0 Å². The third kappa shape index (κ3) is 2.74. The van der Waals surface area contributed by atoms with Crippen LogP contribution < -0.4 is 5.56 Å². The van der Waals surface area contributed by atoms with E-state index in [-0.39, 0.29) is 18.4 Å². The molecule has 0 aliphatic rings. The number of hydrogen-bond donors (Lipinski definition) is 2. The molecule has 0 aromatic carbocycles. The molecule has 4 nitrogen and oxygen atoms in total. The number of aryl methyl sites for hydroxylation is 2. The summed E-state index contributed by atoms with van der Waals surface area (Å²) in [6.07, 6.45) is 0.275. The van der Waals surface area contributed by atoms with Gasteiger partial charge in [-0.3, -0.25) is 9.59 Å². The number of nitrogens with one attached hydrogen (secondary N) is 1. The summed E-state index contributed by atoms with van der Waals surface area (Å²) in [5.41, 5.74) is 1.11. The Hall–Kier alpha value is -1.58. The van der Waals surface area contributed by atoms with Crippen LogP contribution in [0.5, 0.6) is 0 Å². The lowest BCUT2D eigenvalue weighted by molar-refractivity contribution is -0.136. The van der Waals surface area contributed by atoms with Crippen molar-refractivity contribution in [3.63, 3.8) is 0 Å². The van der Waals surface area contributed by atoms with Crippen molar-refractivity contribution in [2.45, 2.75) is 19.8 Å². The fraction of sp³-hybridized carbons (Fsp3) is 0.333. The number of H-pyrrole nitrogens is 1. The maximum absolute atomic E-state index is 11.2. The minimum atomic E-state index is -0.889. The van der Waals surface area contributed by atoms with E-state index in [1.165, 1.54) is 0 Å². The van der Waals surface area contributed by atoms with Gasteiger partial charge in [-0.2, -0.15) is 0 Å². The SMILES string of the molecule is Cc1ccc(CCC(=O)O)c(=O)[nH]1. The predicted molar refractivity (Wildman–Crippen MR) is 47.8 cm³/mol. The second kappa shape index (κ2) is 3.89. The summed E-state index contributed by atoms with van der Waals surface area (Å²) in [6.45, 7) is 1.78. The van der Waals surface area contributed by atoms with Gasteiger partial charge in [-0.05, 0) is 19.4 Å². The number of carbonyl (C=O) groups is 1. The molecular weight excluding hydrogens is 170 g/mol. The van der Waals surface area contributed by atoms with Gasteiger partial charge in [0.25, 0.3) is 5.56 Å².